The smallest absolute Gasteiger partial charge is 0.266 e. The minimum atomic E-state index is -0.521. The molecule has 0 heterocycles. The van der Waals surface area contributed by atoms with Crippen molar-refractivity contribution in [3.05, 3.63) is 94.5 Å². The number of rotatable bonds is 7. The maximum Gasteiger partial charge on any atom is 0.266 e. The molecule has 0 saturated heterocycles. The summed E-state index contributed by atoms with van der Waals surface area (Å²) in [5.41, 5.74) is 2.74. The van der Waals surface area contributed by atoms with Crippen LogP contribution in [0.5, 0.6) is 5.75 Å². The predicted octanol–water partition coefficient (Wildman–Crippen LogP) is 5.21. The number of nitrogens with zero attached hydrogens (tertiary/aromatic N) is 1. The van der Waals surface area contributed by atoms with Gasteiger partial charge in [0.1, 0.15) is 17.4 Å². The molecule has 0 aliphatic rings. The second-order valence-electron chi connectivity index (χ2n) is 6.89. The van der Waals surface area contributed by atoms with Crippen molar-refractivity contribution in [3.8, 4) is 11.8 Å². The van der Waals surface area contributed by atoms with E-state index in [1.54, 1.807) is 36.4 Å². The minimum Gasteiger partial charge on any atom is -0.482 e. The summed E-state index contributed by atoms with van der Waals surface area (Å²) in [6, 6.07) is 23.0. The first-order valence-corrected chi connectivity index (χ1v) is 10.1. The molecule has 160 valence electrons. The monoisotopic (exact) mass is 445 g/mol. The van der Waals surface area contributed by atoms with Crippen molar-refractivity contribution in [3.63, 3.8) is 0 Å². The Morgan fingerprint density at radius 3 is 2.44 bits per heavy atom. The highest BCUT2D eigenvalue weighted by Crippen LogP contribution is 2.26. The number of carbonyl (C=O) groups is 2. The molecule has 0 radical (unpaired) electrons. The van der Waals surface area contributed by atoms with Crippen molar-refractivity contribution in [2.75, 3.05) is 17.2 Å². The lowest BCUT2D eigenvalue weighted by atomic mass is 10.1. The fourth-order valence-electron chi connectivity index (χ4n) is 2.82. The third-order valence-corrected chi connectivity index (χ3v) is 4.62. The van der Waals surface area contributed by atoms with E-state index < -0.39 is 5.91 Å². The summed E-state index contributed by atoms with van der Waals surface area (Å²) in [6.45, 7) is 1.69. The second kappa shape index (κ2) is 10.8. The Balaban J connectivity index is 1.64. The quantitative estimate of drug-likeness (QED) is 0.385. The highest BCUT2D eigenvalue weighted by atomic mass is 35.5. The van der Waals surface area contributed by atoms with Crippen LogP contribution in [0.1, 0.15) is 11.1 Å². The topological polar surface area (TPSA) is 91.2 Å². The number of anilines is 2. The molecule has 0 spiro atoms. The lowest BCUT2D eigenvalue weighted by Crippen LogP contribution is -2.20. The van der Waals surface area contributed by atoms with Gasteiger partial charge in [-0.1, -0.05) is 48.0 Å². The first kappa shape index (κ1) is 22.6. The van der Waals surface area contributed by atoms with Crippen molar-refractivity contribution in [1.29, 1.82) is 5.26 Å². The molecule has 2 amide bonds. The van der Waals surface area contributed by atoms with Crippen LogP contribution < -0.4 is 15.4 Å². The Morgan fingerprint density at radius 1 is 1.00 bits per heavy atom. The number of carbonyl (C=O) groups excluding carboxylic acids is 2. The fourth-order valence-corrected chi connectivity index (χ4v) is 3.07. The molecule has 0 aromatic heterocycles. The van der Waals surface area contributed by atoms with Gasteiger partial charge in [-0.3, -0.25) is 9.59 Å². The number of benzene rings is 3. The molecule has 3 aromatic rings. The van der Waals surface area contributed by atoms with Gasteiger partial charge in [0.15, 0.2) is 6.61 Å². The average Bonchev–Trinajstić information content (AvgIpc) is 2.77. The van der Waals surface area contributed by atoms with E-state index in [0.717, 1.165) is 5.56 Å². The first-order chi connectivity index (χ1) is 15.4. The van der Waals surface area contributed by atoms with E-state index in [-0.39, 0.29) is 23.1 Å². The fraction of sp³-hybridized carbons (Fsp3) is 0.0800. The van der Waals surface area contributed by atoms with E-state index >= 15 is 0 Å². The molecule has 7 heteroatoms. The van der Waals surface area contributed by atoms with Gasteiger partial charge >= 0.3 is 0 Å². The van der Waals surface area contributed by atoms with Gasteiger partial charge in [-0.25, -0.2) is 0 Å². The number of nitriles is 1. The van der Waals surface area contributed by atoms with Gasteiger partial charge in [-0.2, -0.15) is 5.26 Å². The van der Waals surface area contributed by atoms with E-state index in [0.29, 0.717) is 22.7 Å². The van der Waals surface area contributed by atoms with Gasteiger partial charge in [-0.05, 0) is 60.5 Å². The molecular formula is C25H20ClN3O3. The molecule has 3 aromatic carbocycles. The number of hydrogen-bond donors (Lipinski definition) is 2. The summed E-state index contributed by atoms with van der Waals surface area (Å²) in [5.74, 6) is -0.530. The van der Waals surface area contributed by atoms with Crippen molar-refractivity contribution < 1.29 is 14.3 Å². The van der Waals surface area contributed by atoms with Crippen molar-refractivity contribution in [1.82, 2.24) is 0 Å². The van der Waals surface area contributed by atoms with E-state index in [4.69, 9.17) is 16.3 Å². The number of amides is 2. The number of nitrogens with one attached hydrogen (secondary N) is 2. The Hall–Kier alpha value is -4.08. The van der Waals surface area contributed by atoms with Crippen molar-refractivity contribution in [2.45, 2.75) is 6.92 Å². The highest BCUT2D eigenvalue weighted by Gasteiger charge is 2.11. The highest BCUT2D eigenvalue weighted by molar-refractivity contribution is 6.32. The molecule has 0 aliphatic heterocycles. The van der Waals surface area contributed by atoms with Crippen LogP contribution in [0.3, 0.4) is 0 Å². The largest absolute Gasteiger partial charge is 0.482 e. The van der Waals surface area contributed by atoms with Crippen LogP contribution in [0.25, 0.3) is 6.08 Å². The van der Waals surface area contributed by atoms with Crippen LogP contribution in [-0.4, -0.2) is 18.4 Å². The van der Waals surface area contributed by atoms with Crippen LogP contribution in [-0.2, 0) is 9.59 Å². The van der Waals surface area contributed by atoms with Crippen molar-refractivity contribution in [2.24, 2.45) is 0 Å². The van der Waals surface area contributed by atoms with Gasteiger partial charge in [-0.15, -0.1) is 0 Å². The number of aryl methyl sites for hydroxylation is 1. The maximum absolute atomic E-state index is 12.4. The van der Waals surface area contributed by atoms with Gasteiger partial charge < -0.3 is 15.4 Å². The third-order valence-electron chi connectivity index (χ3n) is 4.32. The Kier molecular flexibility index (Phi) is 7.63. The van der Waals surface area contributed by atoms with E-state index in [2.05, 4.69) is 10.6 Å². The van der Waals surface area contributed by atoms with Gasteiger partial charge in [0, 0.05) is 11.4 Å². The Labute approximate surface area is 191 Å². The lowest BCUT2D eigenvalue weighted by Gasteiger charge is -2.09. The zero-order valence-electron chi connectivity index (χ0n) is 17.3. The molecule has 6 nitrogen and oxygen atoms in total. The van der Waals surface area contributed by atoms with Crippen LogP contribution in [0.2, 0.25) is 5.02 Å². The van der Waals surface area contributed by atoms with Crippen molar-refractivity contribution >= 4 is 40.9 Å². The average molecular weight is 446 g/mol. The predicted molar refractivity (Wildman–Crippen MR) is 125 cm³/mol. The van der Waals surface area contributed by atoms with Gasteiger partial charge in [0.2, 0.25) is 0 Å². The van der Waals surface area contributed by atoms with Crippen LogP contribution >= 0.6 is 11.6 Å². The van der Waals surface area contributed by atoms with Gasteiger partial charge in [0.05, 0.1) is 5.02 Å². The van der Waals surface area contributed by atoms with Crippen LogP contribution in [0, 0.1) is 18.3 Å². The molecule has 3 rings (SSSR count). The molecule has 0 bridgehead atoms. The van der Waals surface area contributed by atoms with E-state index in [1.165, 1.54) is 6.08 Å². The molecule has 0 saturated carbocycles. The summed E-state index contributed by atoms with van der Waals surface area (Å²) in [4.78, 5) is 24.5. The molecule has 0 atom stereocenters. The second-order valence-corrected chi connectivity index (χ2v) is 7.29. The molecule has 0 fully saturated rings. The summed E-state index contributed by atoms with van der Waals surface area (Å²) in [7, 11) is 0. The zero-order chi connectivity index (χ0) is 22.9. The van der Waals surface area contributed by atoms with Crippen LogP contribution in [0.4, 0.5) is 11.4 Å². The number of para-hydroxylation sites is 1. The summed E-state index contributed by atoms with van der Waals surface area (Å²) in [6.07, 6.45) is 1.43. The summed E-state index contributed by atoms with van der Waals surface area (Å²) in [5, 5.41) is 15.1. The van der Waals surface area contributed by atoms with E-state index in [9.17, 15) is 14.9 Å². The number of halogens is 1. The van der Waals surface area contributed by atoms with Gasteiger partial charge in [0.25, 0.3) is 11.8 Å². The normalized spacial score (nSPS) is 10.7. The third kappa shape index (κ3) is 6.46. The van der Waals surface area contributed by atoms with E-state index in [1.807, 2.05) is 49.4 Å². The first-order valence-electron chi connectivity index (χ1n) is 9.71. The molecule has 32 heavy (non-hydrogen) atoms. The number of ether oxygens (including phenoxy) is 1. The lowest BCUT2D eigenvalue weighted by molar-refractivity contribution is -0.118. The minimum absolute atomic E-state index is 0.0709. The zero-order valence-corrected chi connectivity index (χ0v) is 18.0. The Morgan fingerprint density at radius 2 is 1.75 bits per heavy atom. The Bertz CT molecular complexity index is 1200. The van der Waals surface area contributed by atoms with Crippen LogP contribution in [0.15, 0.2) is 78.4 Å². The summed E-state index contributed by atoms with van der Waals surface area (Å²) < 4.78 is 5.49. The summed E-state index contributed by atoms with van der Waals surface area (Å²) >= 11 is 6.26. The standard InChI is InChI=1S/C25H20ClN3O3/c1-17-6-5-9-21(12-17)29-25(31)19(15-27)13-18-10-11-23(22(26)14-18)32-16-24(30)28-20-7-3-2-4-8-20/h2-14H,16H2,1H3,(H,28,30)(H,29,31)/b19-13+. The SMILES string of the molecule is Cc1cccc(NC(=O)/C(C#N)=C/c2ccc(OCC(=O)Nc3ccccc3)c(Cl)c2)c1. The molecule has 0 unspecified atom stereocenters. The number of hydrogen-bond acceptors (Lipinski definition) is 4. The maximum atomic E-state index is 12.4. The molecule has 2 N–H and O–H groups in total. The molecular weight excluding hydrogens is 426 g/mol. The molecule has 0 aliphatic carbocycles.